The predicted molar refractivity (Wildman–Crippen MR) is 129 cm³/mol. The molecule has 0 bridgehead atoms. The van der Waals surface area contributed by atoms with Crippen LogP contribution in [0.25, 0.3) is 11.3 Å². The first kappa shape index (κ1) is 22.4. The Morgan fingerprint density at radius 2 is 1.88 bits per heavy atom. The number of thiazole rings is 1. The first-order chi connectivity index (χ1) is 15.3. The maximum Gasteiger partial charge on any atom is 0.293 e. The molecule has 0 aliphatic carbocycles. The van der Waals surface area contributed by atoms with Gasteiger partial charge in [0.1, 0.15) is 18.1 Å². The van der Waals surface area contributed by atoms with Crippen molar-refractivity contribution in [2.75, 3.05) is 5.32 Å². The quantitative estimate of drug-likeness (QED) is 0.307. The highest BCUT2D eigenvalue weighted by Gasteiger charge is 2.16. The number of aryl methyl sites for hydroxylation is 3. The fourth-order valence-corrected chi connectivity index (χ4v) is 4.38. The van der Waals surface area contributed by atoms with Crippen LogP contribution < -0.4 is 10.1 Å². The van der Waals surface area contributed by atoms with E-state index in [1.807, 2.05) is 13.0 Å². The third-order valence-corrected chi connectivity index (χ3v) is 6.36. The summed E-state index contributed by atoms with van der Waals surface area (Å²) in [4.78, 5) is 18.3. The molecule has 0 aliphatic heterocycles. The average molecular weight is 487 g/mol. The van der Waals surface area contributed by atoms with Crippen molar-refractivity contribution in [1.29, 1.82) is 0 Å². The molecule has 5 nitrogen and oxygen atoms in total. The van der Waals surface area contributed by atoms with Crippen LogP contribution in [0, 0.1) is 20.8 Å². The van der Waals surface area contributed by atoms with Gasteiger partial charge in [0.25, 0.3) is 5.91 Å². The van der Waals surface area contributed by atoms with E-state index in [1.54, 1.807) is 30.3 Å². The molecule has 0 atom stereocenters. The van der Waals surface area contributed by atoms with Crippen LogP contribution in [0.15, 0.2) is 52.9 Å². The van der Waals surface area contributed by atoms with Gasteiger partial charge in [0.05, 0.1) is 10.7 Å². The number of carbonyl (C=O) groups excluding carboxylic acids is 1. The number of amides is 1. The highest BCUT2D eigenvalue weighted by molar-refractivity contribution is 7.16. The SMILES string of the molecule is Cc1ccc(-c2nc(NC(=O)c3ccc(COc4ccc(Cl)cc4Cl)o3)sc2C)cc1C. The van der Waals surface area contributed by atoms with Crippen LogP contribution in [0.1, 0.15) is 32.3 Å². The van der Waals surface area contributed by atoms with Crippen molar-refractivity contribution in [3.05, 3.63) is 86.1 Å². The van der Waals surface area contributed by atoms with Crippen LogP contribution in [0.5, 0.6) is 5.75 Å². The lowest BCUT2D eigenvalue weighted by Gasteiger charge is -2.06. The molecule has 0 unspecified atom stereocenters. The summed E-state index contributed by atoms with van der Waals surface area (Å²) in [6.45, 7) is 6.26. The Labute approximate surface area is 200 Å². The van der Waals surface area contributed by atoms with Crippen molar-refractivity contribution in [1.82, 2.24) is 4.98 Å². The Morgan fingerprint density at radius 3 is 2.62 bits per heavy atom. The number of aromatic nitrogens is 1. The van der Waals surface area contributed by atoms with Gasteiger partial charge in [0, 0.05) is 15.5 Å². The molecule has 2 aromatic carbocycles. The number of benzene rings is 2. The predicted octanol–water partition coefficient (Wildman–Crippen LogP) is 7.47. The summed E-state index contributed by atoms with van der Waals surface area (Å²) in [5.74, 6) is 0.774. The van der Waals surface area contributed by atoms with Crippen molar-refractivity contribution in [2.45, 2.75) is 27.4 Å². The summed E-state index contributed by atoms with van der Waals surface area (Å²) in [6, 6.07) is 14.5. The smallest absolute Gasteiger partial charge is 0.293 e. The summed E-state index contributed by atoms with van der Waals surface area (Å²) in [5.41, 5.74) is 4.32. The maximum atomic E-state index is 12.6. The lowest BCUT2D eigenvalue weighted by Crippen LogP contribution is -2.10. The van der Waals surface area contributed by atoms with E-state index in [2.05, 4.69) is 36.3 Å². The molecule has 2 aromatic heterocycles. The van der Waals surface area contributed by atoms with Crippen molar-refractivity contribution in [3.63, 3.8) is 0 Å². The van der Waals surface area contributed by atoms with Gasteiger partial charge in [-0.1, -0.05) is 35.3 Å². The van der Waals surface area contributed by atoms with Gasteiger partial charge >= 0.3 is 0 Å². The van der Waals surface area contributed by atoms with Crippen LogP contribution in [0.3, 0.4) is 0 Å². The molecule has 0 fully saturated rings. The number of nitrogens with zero attached hydrogens (tertiary/aromatic N) is 1. The van der Waals surface area contributed by atoms with Gasteiger partial charge in [-0.25, -0.2) is 4.98 Å². The second-order valence-electron chi connectivity index (χ2n) is 7.31. The third kappa shape index (κ3) is 4.99. The Hall–Kier alpha value is -2.80. The Kier molecular flexibility index (Phi) is 6.55. The van der Waals surface area contributed by atoms with E-state index >= 15 is 0 Å². The molecule has 1 amide bonds. The molecule has 4 rings (SSSR count). The normalized spacial score (nSPS) is 10.9. The zero-order chi connectivity index (χ0) is 22.8. The zero-order valence-electron chi connectivity index (χ0n) is 17.7. The van der Waals surface area contributed by atoms with Crippen LogP contribution in [-0.4, -0.2) is 10.9 Å². The summed E-state index contributed by atoms with van der Waals surface area (Å²) in [5, 5.41) is 4.26. The molecule has 0 radical (unpaired) electrons. The Balaban J connectivity index is 1.42. The number of hydrogen-bond acceptors (Lipinski definition) is 5. The number of rotatable bonds is 6. The van der Waals surface area contributed by atoms with Gasteiger partial charge in [-0.3, -0.25) is 10.1 Å². The second-order valence-corrected chi connectivity index (χ2v) is 9.35. The first-order valence-corrected chi connectivity index (χ1v) is 11.4. The zero-order valence-corrected chi connectivity index (χ0v) is 20.0. The van der Waals surface area contributed by atoms with E-state index in [0.29, 0.717) is 26.7 Å². The molecule has 164 valence electrons. The first-order valence-electron chi connectivity index (χ1n) is 9.83. The summed E-state index contributed by atoms with van der Waals surface area (Å²) in [6.07, 6.45) is 0. The van der Waals surface area contributed by atoms with Gasteiger partial charge in [0.2, 0.25) is 0 Å². The van der Waals surface area contributed by atoms with E-state index in [4.69, 9.17) is 32.4 Å². The van der Waals surface area contributed by atoms with E-state index in [-0.39, 0.29) is 18.3 Å². The number of halogens is 2. The number of anilines is 1. The second kappa shape index (κ2) is 9.36. The number of furan rings is 1. The maximum absolute atomic E-state index is 12.6. The van der Waals surface area contributed by atoms with Crippen molar-refractivity contribution < 1.29 is 13.9 Å². The minimum atomic E-state index is -0.374. The van der Waals surface area contributed by atoms with Gasteiger partial charge in [0.15, 0.2) is 10.9 Å². The number of nitrogens with one attached hydrogen (secondary N) is 1. The minimum Gasteiger partial charge on any atom is -0.484 e. The Morgan fingerprint density at radius 1 is 1.06 bits per heavy atom. The lowest BCUT2D eigenvalue weighted by atomic mass is 10.0. The van der Waals surface area contributed by atoms with Gasteiger partial charge in [-0.2, -0.15) is 0 Å². The third-order valence-electron chi connectivity index (χ3n) is 4.95. The summed E-state index contributed by atoms with van der Waals surface area (Å²) < 4.78 is 11.3. The number of carbonyl (C=O) groups is 1. The largest absolute Gasteiger partial charge is 0.484 e. The monoisotopic (exact) mass is 486 g/mol. The molecule has 4 aromatic rings. The van der Waals surface area contributed by atoms with E-state index < -0.39 is 0 Å². The van der Waals surface area contributed by atoms with E-state index in [9.17, 15) is 4.79 Å². The van der Waals surface area contributed by atoms with Crippen molar-refractivity contribution in [3.8, 4) is 17.0 Å². The molecule has 0 spiro atoms. The molecule has 8 heteroatoms. The molecular weight excluding hydrogens is 467 g/mol. The van der Waals surface area contributed by atoms with Gasteiger partial charge in [-0.15, -0.1) is 11.3 Å². The van der Waals surface area contributed by atoms with Crippen molar-refractivity contribution in [2.24, 2.45) is 0 Å². The van der Waals surface area contributed by atoms with Crippen LogP contribution in [0.4, 0.5) is 5.13 Å². The summed E-state index contributed by atoms with van der Waals surface area (Å²) in [7, 11) is 0. The molecular formula is C24H20Cl2N2O3S. The molecule has 0 saturated heterocycles. The lowest BCUT2D eigenvalue weighted by molar-refractivity contribution is 0.0992. The number of ether oxygens (including phenoxy) is 1. The average Bonchev–Trinajstić information content (AvgIpc) is 3.36. The Bertz CT molecular complexity index is 1300. The fraction of sp³-hybridized carbons (Fsp3) is 0.167. The molecule has 1 N–H and O–H groups in total. The topological polar surface area (TPSA) is 64.4 Å². The van der Waals surface area contributed by atoms with Crippen LogP contribution >= 0.6 is 34.5 Å². The van der Waals surface area contributed by atoms with Crippen LogP contribution in [0.2, 0.25) is 10.0 Å². The van der Waals surface area contributed by atoms with Gasteiger partial charge in [-0.05, 0) is 68.3 Å². The fourth-order valence-electron chi connectivity index (χ4n) is 3.08. The van der Waals surface area contributed by atoms with Gasteiger partial charge < -0.3 is 9.15 Å². The standard InChI is InChI=1S/C24H20Cl2N2O3S/c1-13-4-5-16(10-14(13)2)22-15(3)32-24(27-22)28-23(29)21-9-7-18(31-21)12-30-20-8-6-17(25)11-19(20)26/h4-11H,12H2,1-3H3,(H,27,28,29). The summed E-state index contributed by atoms with van der Waals surface area (Å²) >= 11 is 13.4. The number of hydrogen-bond donors (Lipinski definition) is 1. The molecule has 0 saturated carbocycles. The highest BCUT2D eigenvalue weighted by Crippen LogP contribution is 2.32. The molecule has 32 heavy (non-hydrogen) atoms. The highest BCUT2D eigenvalue weighted by atomic mass is 35.5. The minimum absolute atomic E-state index is 0.127. The van der Waals surface area contributed by atoms with Crippen LogP contribution in [-0.2, 0) is 6.61 Å². The molecule has 2 heterocycles. The van der Waals surface area contributed by atoms with E-state index in [0.717, 1.165) is 16.1 Å². The molecule has 0 aliphatic rings. The van der Waals surface area contributed by atoms with Crippen molar-refractivity contribution >= 4 is 45.6 Å². The van der Waals surface area contributed by atoms with E-state index in [1.165, 1.54) is 22.5 Å².